The molecule has 2 heterocycles. The van der Waals surface area contributed by atoms with Crippen LogP contribution in [0.25, 0.3) is 11.1 Å². The molecule has 26 heavy (non-hydrogen) atoms. The fraction of sp³-hybridized carbons (Fsp3) is 0.500. The lowest BCUT2D eigenvalue weighted by molar-refractivity contribution is -0.130. The van der Waals surface area contributed by atoms with Gasteiger partial charge in [-0.15, -0.1) is 0 Å². The Balaban J connectivity index is 1.65. The van der Waals surface area contributed by atoms with Crippen LogP contribution in [0.4, 0.5) is 4.79 Å². The average Bonchev–Trinajstić information content (AvgIpc) is 2.81. The Morgan fingerprint density at radius 1 is 1.15 bits per heavy atom. The van der Waals surface area contributed by atoms with Crippen molar-refractivity contribution in [1.82, 2.24) is 14.4 Å². The third-order valence-electron chi connectivity index (χ3n) is 4.59. The summed E-state index contributed by atoms with van der Waals surface area (Å²) in [6, 6.07) is 5.32. The number of carbonyl (C=O) groups excluding carboxylic acids is 2. The second-order valence-corrected chi connectivity index (χ2v) is 6.33. The Morgan fingerprint density at radius 3 is 2.65 bits per heavy atom. The summed E-state index contributed by atoms with van der Waals surface area (Å²) in [6.07, 6.45) is 0.641. The average molecular weight is 361 g/mol. The molecule has 1 aromatic carbocycles. The molecule has 8 nitrogen and oxygen atoms in total. The molecule has 0 atom stereocenters. The SMILES string of the molecule is CCOC(=O)N1CCCN(C(=O)Cc2ccc3oc(=O)n(C)c3c2)CC1. The molecule has 0 bridgehead atoms. The van der Waals surface area contributed by atoms with Gasteiger partial charge in [0.25, 0.3) is 0 Å². The molecule has 8 heteroatoms. The van der Waals surface area contributed by atoms with Gasteiger partial charge in [-0.1, -0.05) is 6.07 Å². The number of aryl methyl sites for hydroxylation is 1. The molecule has 1 saturated heterocycles. The van der Waals surface area contributed by atoms with Crippen molar-refractivity contribution in [3.63, 3.8) is 0 Å². The van der Waals surface area contributed by atoms with E-state index in [0.717, 1.165) is 12.0 Å². The van der Waals surface area contributed by atoms with Crippen molar-refractivity contribution in [2.45, 2.75) is 19.8 Å². The number of carbonyl (C=O) groups is 2. The van der Waals surface area contributed by atoms with E-state index in [1.54, 1.807) is 42.0 Å². The van der Waals surface area contributed by atoms with E-state index in [-0.39, 0.29) is 18.4 Å². The zero-order valence-corrected chi connectivity index (χ0v) is 15.1. The molecule has 0 saturated carbocycles. The summed E-state index contributed by atoms with van der Waals surface area (Å²) in [5.74, 6) is -0.418. The van der Waals surface area contributed by atoms with Gasteiger partial charge in [0.1, 0.15) is 0 Å². The molecule has 0 radical (unpaired) electrons. The molecule has 2 aromatic rings. The van der Waals surface area contributed by atoms with E-state index in [2.05, 4.69) is 0 Å². The maximum Gasteiger partial charge on any atom is 0.419 e. The molecule has 0 aliphatic carbocycles. The summed E-state index contributed by atoms with van der Waals surface area (Å²) < 4.78 is 11.6. The number of hydrogen-bond acceptors (Lipinski definition) is 5. The molecular weight excluding hydrogens is 338 g/mol. The second kappa shape index (κ2) is 7.63. The maximum atomic E-state index is 12.6. The zero-order valence-electron chi connectivity index (χ0n) is 15.1. The van der Waals surface area contributed by atoms with Crippen LogP contribution in [0.2, 0.25) is 0 Å². The van der Waals surface area contributed by atoms with Gasteiger partial charge in [-0.05, 0) is 31.0 Å². The highest BCUT2D eigenvalue weighted by molar-refractivity contribution is 5.81. The van der Waals surface area contributed by atoms with Crippen LogP contribution in [0.3, 0.4) is 0 Å². The van der Waals surface area contributed by atoms with Gasteiger partial charge < -0.3 is 19.0 Å². The molecular formula is C18H23N3O5. The number of hydrogen-bond donors (Lipinski definition) is 0. The zero-order chi connectivity index (χ0) is 18.7. The molecule has 1 fully saturated rings. The molecule has 0 N–H and O–H groups in total. The monoisotopic (exact) mass is 361 g/mol. The number of fused-ring (bicyclic) bond motifs is 1. The molecule has 2 amide bonds. The first-order chi connectivity index (χ1) is 12.5. The Hall–Kier alpha value is -2.77. The Kier molecular flexibility index (Phi) is 5.29. The highest BCUT2D eigenvalue weighted by atomic mass is 16.6. The lowest BCUT2D eigenvalue weighted by Gasteiger charge is -2.21. The number of oxazole rings is 1. The van der Waals surface area contributed by atoms with Crippen molar-refractivity contribution in [2.24, 2.45) is 7.05 Å². The second-order valence-electron chi connectivity index (χ2n) is 6.33. The molecule has 1 aliphatic heterocycles. The third kappa shape index (κ3) is 3.74. The predicted octanol–water partition coefficient (Wildman–Crippen LogP) is 1.36. The summed E-state index contributed by atoms with van der Waals surface area (Å²) in [5, 5.41) is 0. The first kappa shape index (κ1) is 18.0. The van der Waals surface area contributed by atoms with Crippen LogP contribution in [0.15, 0.2) is 27.4 Å². The number of aromatic nitrogens is 1. The van der Waals surface area contributed by atoms with E-state index < -0.39 is 5.76 Å². The Labute approximate surface area is 150 Å². The topological polar surface area (TPSA) is 85.0 Å². The number of rotatable bonds is 3. The van der Waals surface area contributed by atoms with Gasteiger partial charge in [-0.25, -0.2) is 9.59 Å². The van der Waals surface area contributed by atoms with Gasteiger partial charge in [-0.2, -0.15) is 0 Å². The molecule has 140 valence electrons. The van der Waals surface area contributed by atoms with Crippen molar-refractivity contribution >= 4 is 23.1 Å². The minimum Gasteiger partial charge on any atom is -0.450 e. The lowest BCUT2D eigenvalue weighted by Crippen LogP contribution is -2.38. The summed E-state index contributed by atoms with van der Waals surface area (Å²) in [7, 11) is 1.64. The lowest BCUT2D eigenvalue weighted by atomic mass is 10.1. The summed E-state index contributed by atoms with van der Waals surface area (Å²) in [5.41, 5.74) is 2.00. The normalized spacial score (nSPS) is 15.2. The number of nitrogens with zero attached hydrogens (tertiary/aromatic N) is 3. The molecule has 1 aromatic heterocycles. The molecule has 0 unspecified atom stereocenters. The van der Waals surface area contributed by atoms with Crippen LogP contribution in [0.5, 0.6) is 0 Å². The van der Waals surface area contributed by atoms with Gasteiger partial charge in [0, 0.05) is 33.2 Å². The van der Waals surface area contributed by atoms with E-state index in [1.807, 2.05) is 0 Å². The molecule has 0 spiro atoms. The largest absolute Gasteiger partial charge is 0.450 e. The van der Waals surface area contributed by atoms with E-state index >= 15 is 0 Å². The first-order valence-corrected chi connectivity index (χ1v) is 8.77. The standard InChI is InChI=1S/C18H23N3O5/c1-3-25-18(24)21-8-4-7-20(9-10-21)16(22)12-13-5-6-15-14(11-13)19(2)17(23)26-15/h5-6,11H,3-4,7-10,12H2,1-2H3. The smallest absolute Gasteiger partial charge is 0.419 e. The van der Waals surface area contributed by atoms with Gasteiger partial charge in [0.05, 0.1) is 18.5 Å². The van der Waals surface area contributed by atoms with Gasteiger partial charge in [0.15, 0.2) is 5.58 Å². The predicted molar refractivity (Wildman–Crippen MR) is 95.0 cm³/mol. The van der Waals surface area contributed by atoms with Crippen molar-refractivity contribution in [1.29, 1.82) is 0 Å². The van der Waals surface area contributed by atoms with Crippen molar-refractivity contribution < 1.29 is 18.7 Å². The van der Waals surface area contributed by atoms with Gasteiger partial charge >= 0.3 is 11.8 Å². The fourth-order valence-corrected chi connectivity index (χ4v) is 3.13. The molecule has 3 rings (SSSR count). The summed E-state index contributed by atoms with van der Waals surface area (Å²) in [6.45, 7) is 4.28. The number of amides is 2. The van der Waals surface area contributed by atoms with Crippen LogP contribution in [-0.4, -0.2) is 59.2 Å². The van der Waals surface area contributed by atoms with Crippen LogP contribution >= 0.6 is 0 Å². The Morgan fingerprint density at radius 2 is 1.88 bits per heavy atom. The van der Waals surface area contributed by atoms with Crippen molar-refractivity contribution in [3.05, 3.63) is 34.3 Å². The minimum atomic E-state index is -0.421. The van der Waals surface area contributed by atoms with Crippen LogP contribution in [0, 0.1) is 0 Å². The minimum absolute atomic E-state index is 0.00329. The van der Waals surface area contributed by atoms with E-state index in [4.69, 9.17) is 9.15 Å². The number of benzene rings is 1. The van der Waals surface area contributed by atoms with Crippen molar-refractivity contribution in [2.75, 3.05) is 32.8 Å². The van der Waals surface area contributed by atoms with Crippen LogP contribution < -0.4 is 5.76 Å². The van der Waals surface area contributed by atoms with Crippen molar-refractivity contribution in [3.8, 4) is 0 Å². The number of ether oxygens (including phenoxy) is 1. The Bertz CT molecular complexity index is 869. The first-order valence-electron chi connectivity index (χ1n) is 8.77. The van der Waals surface area contributed by atoms with E-state index in [0.29, 0.717) is 43.9 Å². The quantitative estimate of drug-likeness (QED) is 0.824. The fourth-order valence-electron chi connectivity index (χ4n) is 3.13. The summed E-state index contributed by atoms with van der Waals surface area (Å²) >= 11 is 0. The third-order valence-corrected chi connectivity index (χ3v) is 4.59. The van der Waals surface area contributed by atoms with Crippen LogP contribution in [-0.2, 0) is 23.0 Å². The molecule has 1 aliphatic rings. The van der Waals surface area contributed by atoms with E-state index in [9.17, 15) is 14.4 Å². The van der Waals surface area contributed by atoms with Gasteiger partial charge in [0.2, 0.25) is 5.91 Å². The summed E-state index contributed by atoms with van der Waals surface area (Å²) in [4.78, 5) is 39.5. The maximum absolute atomic E-state index is 12.6. The highest BCUT2D eigenvalue weighted by Gasteiger charge is 2.23. The highest BCUT2D eigenvalue weighted by Crippen LogP contribution is 2.16. The van der Waals surface area contributed by atoms with E-state index in [1.165, 1.54) is 4.57 Å². The van der Waals surface area contributed by atoms with Gasteiger partial charge in [-0.3, -0.25) is 9.36 Å². The van der Waals surface area contributed by atoms with Crippen LogP contribution in [0.1, 0.15) is 18.9 Å².